The molecule has 0 fully saturated rings. The van der Waals surface area contributed by atoms with Crippen LogP contribution in [-0.4, -0.2) is 23.6 Å². The largest absolute Gasteiger partial charge is 0.574 e. The third kappa shape index (κ3) is 3.64. The molecule has 0 amide bonds. The van der Waals surface area contributed by atoms with Gasteiger partial charge >= 0.3 is 6.36 Å². The molecule has 0 atom stereocenters. The Balaban J connectivity index is 3.19. The van der Waals surface area contributed by atoms with Crippen LogP contribution < -0.4 is 9.47 Å². The summed E-state index contributed by atoms with van der Waals surface area (Å²) in [6.07, 6.45) is -4.87. The molecule has 8 heteroatoms. The van der Waals surface area contributed by atoms with Gasteiger partial charge in [-0.1, -0.05) is 0 Å². The monoisotopic (exact) mass is 271 g/mol. The van der Waals surface area contributed by atoms with Gasteiger partial charge in [-0.2, -0.15) is 0 Å². The van der Waals surface area contributed by atoms with Gasteiger partial charge in [0.05, 0.1) is 25.3 Å². The molecule has 1 heterocycles. The van der Waals surface area contributed by atoms with Gasteiger partial charge in [-0.15, -0.1) is 24.8 Å². The lowest BCUT2D eigenvalue weighted by molar-refractivity contribution is -0.276. The molecule has 0 aliphatic rings. The van der Waals surface area contributed by atoms with Crippen molar-refractivity contribution in [3.63, 3.8) is 0 Å². The van der Waals surface area contributed by atoms with E-state index in [1.165, 1.54) is 13.2 Å². The number of alkyl halides is 4. The first-order valence-corrected chi connectivity index (χ1v) is 4.94. The highest BCUT2D eigenvalue weighted by Gasteiger charge is 2.33. The Kier molecular flexibility index (Phi) is 4.41. The Labute approximate surface area is 99.9 Å². The fourth-order valence-corrected chi connectivity index (χ4v) is 1.37. The highest BCUT2D eigenvalue weighted by atomic mass is 35.5. The van der Waals surface area contributed by atoms with Crippen LogP contribution in [0, 0.1) is 0 Å². The van der Waals surface area contributed by atoms with Crippen molar-refractivity contribution in [3.05, 3.63) is 17.3 Å². The molecule has 17 heavy (non-hydrogen) atoms. The summed E-state index contributed by atoms with van der Waals surface area (Å²) in [6.45, 7) is -0.405. The fourth-order valence-electron chi connectivity index (χ4n) is 1.13. The van der Waals surface area contributed by atoms with Gasteiger partial charge < -0.3 is 14.6 Å². The average molecular weight is 272 g/mol. The summed E-state index contributed by atoms with van der Waals surface area (Å²) in [6, 6.07) is 1.20. The zero-order valence-electron chi connectivity index (χ0n) is 8.71. The third-order valence-corrected chi connectivity index (χ3v) is 2.11. The van der Waals surface area contributed by atoms with Crippen LogP contribution in [-0.2, 0) is 12.5 Å². The molecule has 0 aliphatic carbocycles. The van der Waals surface area contributed by atoms with Crippen LogP contribution in [0.2, 0.25) is 0 Å². The summed E-state index contributed by atoms with van der Waals surface area (Å²) in [7, 11) is 1.17. The summed E-state index contributed by atoms with van der Waals surface area (Å²) >= 11 is 5.50. The van der Waals surface area contributed by atoms with E-state index >= 15 is 0 Å². The maximum Gasteiger partial charge on any atom is 0.574 e. The van der Waals surface area contributed by atoms with Crippen LogP contribution in [0.5, 0.6) is 11.6 Å². The first-order chi connectivity index (χ1) is 7.91. The second-order valence-corrected chi connectivity index (χ2v) is 3.21. The van der Waals surface area contributed by atoms with Crippen LogP contribution in [0.3, 0.4) is 0 Å². The first kappa shape index (κ1) is 13.9. The minimum atomic E-state index is -4.87. The smallest absolute Gasteiger partial charge is 0.491 e. The van der Waals surface area contributed by atoms with Crippen molar-refractivity contribution in [2.75, 3.05) is 7.11 Å². The number of halogens is 4. The van der Waals surface area contributed by atoms with Gasteiger partial charge in [0.1, 0.15) is 0 Å². The second kappa shape index (κ2) is 5.42. The van der Waals surface area contributed by atoms with Gasteiger partial charge in [0, 0.05) is 5.56 Å². The summed E-state index contributed by atoms with van der Waals surface area (Å²) < 4.78 is 44.6. The zero-order valence-corrected chi connectivity index (χ0v) is 9.47. The lowest BCUT2D eigenvalue weighted by Crippen LogP contribution is -2.19. The van der Waals surface area contributed by atoms with Gasteiger partial charge in [-0.3, -0.25) is 0 Å². The Morgan fingerprint density at radius 3 is 2.53 bits per heavy atom. The van der Waals surface area contributed by atoms with Crippen LogP contribution >= 0.6 is 11.6 Å². The molecule has 0 aliphatic heterocycles. The SMILES string of the molecule is COc1cc(CO)c(CCl)nc1OC(F)(F)F. The lowest BCUT2D eigenvalue weighted by Gasteiger charge is -2.14. The van der Waals surface area contributed by atoms with Crippen LogP contribution in [0.1, 0.15) is 11.3 Å². The second-order valence-electron chi connectivity index (χ2n) is 2.94. The Morgan fingerprint density at radius 1 is 1.47 bits per heavy atom. The molecule has 0 spiro atoms. The van der Waals surface area contributed by atoms with Crippen molar-refractivity contribution < 1.29 is 27.8 Å². The first-order valence-electron chi connectivity index (χ1n) is 4.40. The van der Waals surface area contributed by atoms with Gasteiger partial charge in [0.25, 0.3) is 5.88 Å². The number of hydrogen-bond donors (Lipinski definition) is 1. The van der Waals surface area contributed by atoms with Crippen LogP contribution in [0.15, 0.2) is 6.07 Å². The molecule has 1 N–H and O–H groups in total. The normalized spacial score (nSPS) is 11.4. The van der Waals surface area contributed by atoms with Crippen molar-refractivity contribution in [2.24, 2.45) is 0 Å². The maximum atomic E-state index is 12.1. The number of methoxy groups -OCH3 is 1. The molecule has 4 nitrogen and oxygen atoms in total. The number of pyridine rings is 1. The van der Waals surface area contributed by atoms with Gasteiger partial charge in [0.15, 0.2) is 5.75 Å². The summed E-state index contributed by atoms with van der Waals surface area (Å²) in [5.41, 5.74) is 0.389. The van der Waals surface area contributed by atoms with Gasteiger partial charge in [0.2, 0.25) is 0 Å². The van der Waals surface area contributed by atoms with Crippen molar-refractivity contribution in [3.8, 4) is 11.6 Å². The van der Waals surface area contributed by atoms with Gasteiger partial charge in [-0.25, -0.2) is 4.98 Å². The number of aliphatic hydroxyl groups excluding tert-OH is 1. The topological polar surface area (TPSA) is 51.6 Å². The molecule has 0 radical (unpaired) electrons. The van der Waals surface area contributed by atoms with E-state index in [2.05, 4.69) is 9.72 Å². The van der Waals surface area contributed by atoms with E-state index in [9.17, 15) is 13.2 Å². The van der Waals surface area contributed by atoms with Gasteiger partial charge in [-0.05, 0) is 6.07 Å². The average Bonchev–Trinajstić information content (AvgIpc) is 2.26. The summed E-state index contributed by atoms with van der Waals surface area (Å²) in [4.78, 5) is 3.56. The van der Waals surface area contributed by atoms with Crippen molar-refractivity contribution >= 4 is 11.6 Å². The summed E-state index contributed by atoms with van der Waals surface area (Å²) in [5, 5.41) is 8.98. The maximum absolute atomic E-state index is 12.1. The third-order valence-electron chi connectivity index (χ3n) is 1.85. The molecular formula is C9H9ClF3NO3. The van der Waals surface area contributed by atoms with E-state index in [4.69, 9.17) is 21.4 Å². The standard InChI is InChI=1S/C9H9ClF3NO3/c1-16-7-2-5(4-15)6(3-10)14-8(7)17-9(11,12)13/h2,15H,3-4H2,1H3. The predicted octanol–water partition coefficient (Wildman–Crippen LogP) is 2.22. The van der Waals surface area contributed by atoms with E-state index in [0.717, 1.165) is 0 Å². The molecule has 0 aromatic carbocycles. The number of hydrogen-bond acceptors (Lipinski definition) is 4. The van der Waals surface area contributed by atoms with E-state index < -0.39 is 18.8 Å². The molecule has 96 valence electrons. The summed E-state index contributed by atoms with van der Waals surface area (Å²) in [5.74, 6) is -1.10. The minimum absolute atomic E-state index is 0.106. The van der Waals surface area contributed by atoms with E-state index in [1.807, 2.05) is 0 Å². The number of rotatable bonds is 4. The number of ether oxygens (including phenoxy) is 2. The van der Waals surface area contributed by atoms with Crippen molar-refractivity contribution in [2.45, 2.75) is 18.8 Å². The van der Waals surface area contributed by atoms with E-state index in [-0.39, 0.29) is 22.9 Å². The molecule has 1 rings (SSSR count). The van der Waals surface area contributed by atoms with Crippen LogP contribution in [0.25, 0.3) is 0 Å². The molecule has 0 saturated carbocycles. The number of nitrogens with zero attached hydrogens (tertiary/aromatic N) is 1. The lowest BCUT2D eigenvalue weighted by atomic mass is 10.2. The Hall–Kier alpha value is -1.21. The Bertz CT molecular complexity index is 398. The van der Waals surface area contributed by atoms with E-state index in [0.29, 0.717) is 0 Å². The minimum Gasteiger partial charge on any atom is -0.491 e. The molecule has 1 aromatic heterocycles. The van der Waals surface area contributed by atoms with Crippen molar-refractivity contribution in [1.29, 1.82) is 0 Å². The Morgan fingerprint density at radius 2 is 2.12 bits per heavy atom. The fraction of sp³-hybridized carbons (Fsp3) is 0.444. The molecule has 0 unspecified atom stereocenters. The predicted molar refractivity (Wildman–Crippen MR) is 53.0 cm³/mol. The molecular weight excluding hydrogens is 263 g/mol. The molecule has 0 saturated heterocycles. The number of aromatic nitrogens is 1. The van der Waals surface area contributed by atoms with Crippen LogP contribution in [0.4, 0.5) is 13.2 Å². The number of aliphatic hydroxyl groups is 1. The zero-order chi connectivity index (χ0) is 13.1. The highest BCUT2D eigenvalue weighted by molar-refractivity contribution is 6.17. The molecule has 0 bridgehead atoms. The quantitative estimate of drug-likeness (QED) is 0.853. The van der Waals surface area contributed by atoms with Crippen molar-refractivity contribution in [1.82, 2.24) is 4.98 Å². The molecule has 1 aromatic rings. The van der Waals surface area contributed by atoms with E-state index in [1.54, 1.807) is 0 Å². The highest BCUT2D eigenvalue weighted by Crippen LogP contribution is 2.32.